The molecule has 0 aliphatic carbocycles. The molecule has 8 nitrogen and oxygen atoms in total. The molecule has 0 radical (unpaired) electrons. The number of amides is 1. The van der Waals surface area contributed by atoms with Gasteiger partial charge < -0.3 is 14.8 Å². The zero-order valence-corrected chi connectivity index (χ0v) is 25.7. The lowest BCUT2D eigenvalue weighted by Crippen LogP contribution is -2.40. The van der Waals surface area contributed by atoms with Gasteiger partial charge in [-0.05, 0) is 43.3 Å². The summed E-state index contributed by atoms with van der Waals surface area (Å²) in [4.78, 5) is 46.5. The van der Waals surface area contributed by atoms with Gasteiger partial charge in [0, 0.05) is 31.3 Å². The molecule has 1 amide bonds. The first-order valence-corrected chi connectivity index (χ1v) is 15.0. The number of nitrogens with zero attached hydrogens (tertiary/aromatic N) is 2. The second kappa shape index (κ2) is 10.9. The molecule has 0 unspecified atom stereocenters. The first kappa shape index (κ1) is 27.4. The van der Waals surface area contributed by atoms with Gasteiger partial charge in [0.05, 0.1) is 30.6 Å². The number of ether oxygens (including phenoxy) is 2. The lowest BCUT2D eigenvalue weighted by atomic mass is 9.92. The van der Waals surface area contributed by atoms with E-state index in [9.17, 15) is 14.4 Å². The number of anilines is 1. The van der Waals surface area contributed by atoms with Gasteiger partial charge in [-0.2, -0.15) is 0 Å². The van der Waals surface area contributed by atoms with Crippen LogP contribution < -0.4 is 24.9 Å². The van der Waals surface area contributed by atoms with Crippen molar-refractivity contribution in [3.8, 4) is 5.75 Å². The Kier molecular flexibility index (Phi) is 7.27. The number of rotatable bonds is 5. The fraction of sp³-hybridized carbons (Fsp3) is 0.133. The molecule has 2 aliphatic heterocycles. The molecule has 41 heavy (non-hydrogen) atoms. The van der Waals surface area contributed by atoms with Crippen LogP contribution in [-0.2, 0) is 14.3 Å². The molecule has 3 aromatic carbocycles. The van der Waals surface area contributed by atoms with Crippen molar-refractivity contribution >= 4 is 72.0 Å². The Bertz CT molecular complexity index is 1960. The Labute approximate surface area is 254 Å². The summed E-state index contributed by atoms with van der Waals surface area (Å²) in [6.07, 6.45) is 0. The van der Waals surface area contributed by atoms with Crippen LogP contribution in [0.5, 0.6) is 5.75 Å². The maximum absolute atomic E-state index is 14.4. The highest BCUT2D eigenvalue weighted by Gasteiger charge is 2.38. The predicted octanol–water partition coefficient (Wildman–Crippen LogP) is 4.79. The second-order valence-corrected chi connectivity index (χ2v) is 12.0. The van der Waals surface area contributed by atoms with Crippen molar-refractivity contribution < 1.29 is 19.1 Å². The maximum atomic E-state index is 14.4. The van der Waals surface area contributed by atoms with Crippen LogP contribution in [0.1, 0.15) is 29.7 Å². The van der Waals surface area contributed by atoms with E-state index in [1.807, 2.05) is 48.5 Å². The molecule has 6 rings (SSSR count). The minimum Gasteiger partial charge on any atom is -0.496 e. The van der Waals surface area contributed by atoms with Crippen molar-refractivity contribution in [1.82, 2.24) is 4.57 Å². The number of esters is 1. The SMILES string of the molecule is CCOC(=O)C1=C(c2ccccc2)N=c2s/c(=C3/C(=O)Nc4ccc(Br)cc43)c(=O)n2[C@H]1c1cc(Br)ccc1OC. The van der Waals surface area contributed by atoms with Crippen molar-refractivity contribution in [2.24, 2.45) is 4.99 Å². The minimum absolute atomic E-state index is 0.132. The molecule has 0 spiro atoms. The summed E-state index contributed by atoms with van der Waals surface area (Å²) in [6, 6.07) is 19.1. The first-order chi connectivity index (χ1) is 19.8. The highest BCUT2D eigenvalue weighted by atomic mass is 79.9. The number of hydrogen-bond donors (Lipinski definition) is 1. The quantitative estimate of drug-likeness (QED) is 0.303. The molecule has 1 N–H and O–H groups in total. The fourth-order valence-electron chi connectivity index (χ4n) is 5.07. The Morgan fingerprint density at radius 1 is 1.05 bits per heavy atom. The van der Waals surface area contributed by atoms with Crippen LogP contribution in [0.25, 0.3) is 11.3 Å². The van der Waals surface area contributed by atoms with E-state index < -0.39 is 17.6 Å². The van der Waals surface area contributed by atoms with Gasteiger partial charge in [-0.15, -0.1) is 0 Å². The second-order valence-electron chi connectivity index (χ2n) is 9.16. The van der Waals surface area contributed by atoms with Crippen LogP contribution >= 0.6 is 43.2 Å². The van der Waals surface area contributed by atoms with Gasteiger partial charge in [0.15, 0.2) is 4.80 Å². The molecule has 4 aromatic rings. The number of carbonyl (C=O) groups is 2. The van der Waals surface area contributed by atoms with E-state index in [0.29, 0.717) is 38.6 Å². The summed E-state index contributed by atoms with van der Waals surface area (Å²) in [5, 5.41) is 2.85. The summed E-state index contributed by atoms with van der Waals surface area (Å²) < 4.78 is 14.4. The topological polar surface area (TPSA) is 99.0 Å². The summed E-state index contributed by atoms with van der Waals surface area (Å²) in [5.41, 5.74) is 2.85. The number of aromatic nitrogens is 1. The van der Waals surface area contributed by atoms with Crippen molar-refractivity contribution in [3.63, 3.8) is 0 Å². The molecule has 0 bridgehead atoms. The highest BCUT2D eigenvalue weighted by Crippen LogP contribution is 2.40. The largest absolute Gasteiger partial charge is 0.496 e. The highest BCUT2D eigenvalue weighted by molar-refractivity contribution is 9.10. The van der Waals surface area contributed by atoms with Crippen molar-refractivity contribution in [1.29, 1.82) is 0 Å². The normalized spacial score (nSPS) is 17.0. The average Bonchev–Trinajstić information content (AvgIpc) is 3.46. The van der Waals surface area contributed by atoms with E-state index in [1.54, 1.807) is 25.1 Å². The third-order valence-electron chi connectivity index (χ3n) is 6.79. The molecule has 2 aliphatic rings. The molecule has 3 heterocycles. The Morgan fingerprint density at radius 2 is 1.78 bits per heavy atom. The number of nitrogens with one attached hydrogen (secondary N) is 1. The van der Waals surface area contributed by atoms with Crippen molar-refractivity contribution in [2.75, 3.05) is 19.0 Å². The predicted molar refractivity (Wildman–Crippen MR) is 163 cm³/mol. The van der Waals surface area contributed by atoms with Crippen LogP contribution in [0.4, 0.5) is 5.69 Å². The molecule has 0 saturated heterocycles. The summed E-state index contributed by atoms with van der Waals surface area (Å²) >= 11 is 8.11. The van der Waals surface area contributed by atoms with Gasteiger partial charge in [-0.3, -0.25) is 14.2 Å². The van der Waals surface area contributed by atoms with Gasteiger partial charge >= 0.3 is 5.97 Å². The summed E-state index contributed by atoms with van der Waals surface area (Å²) in [7, 11) is 1.53. The van der Waals surface area contributed by atoms with Crippen LogP contribution in [-0.4, -0.2) is 30.2 Å². The summed E-state index contributed by atoms with van der Waals surface area (Å²) in [5.74, 6) is -0.513. The third-order valence-corrected chi connectivity index (χ3v) is 8.83. The zero-order chi connectivity index (χ0) is 28.8. The van der Waals surface area contributed by atoms with E-state index in [1.165, 1.54) is 11.7 Å². The first-order valence-electron chi connectivity index (χ1n) is 12.6. The van der Waals surface area contributed by atoms with Gasteiger partial charge in [0.1, 0.15) is 16.3 Å². The Morgan fingerprint density at radius 3 is 2.51 bits per heavy atom. The molecule has 0 fully saturated rings. The van der Waals surface area contributed by atoms with Crippen LogP contribution in [0.15, 0.2) is 91.0 Å². The monoisotopic (exact) mass is 693 g/mol. The summed E-state index contributed by atoms with van der Waals surface area (Å²) in [6.45, 7) is 1.85. The van der Waals surface area contributed by atoms with E-state index in [0.717, 1.165) is 20.3 Å². The van der Waals surface area contributed by atoms with Crippen molar-refractivity contribution in [3.05, 3.63) is 118 Å². The molecule has 1 atom stereocenters. The van der Waals surface area contributed by atoms with E-state index in [2.05, 4.69) is 37.2 Å². The molecule has 206 valence electrons. The number of benzene rings is 3. The average molecular weight is 695 g/mol. The standard InChI is InChI=1S/C30H21Br2N3O5S/c1-3-40-29(38)23-24(15-7-5-4-6-8-15)34-30-35(25(23)19-14-17(32)10-12-21(19)39-2)28(37)26(41-30)22-18-13-16(31)9-11-20(18)33-27(22)36/h4-14,25H,3H2,1-2H3,(H,33,36)/b26-22+/t25-/m0/s1. The molecule has 11 heteroatoms. The lowest BCUT2D eigenvalue weighted by molar-refractivity contribution is -0.138. The Balaban J connectivity index is 1.76. The van der Waals surface area contributed by atoms with Gasteiger partial charge in [0.25, 0.3) is 11.5 Å². The molecular weight excluding hydrogens is 674 g/mol. The smallest absolute Gasteiger partial charge is 0.338 e. The third kappa shape index (κ3) is 4.67. The minimum atomic E-state index is -0.950. The van der Waals surface area contributed by atoms with Gasteiger partial charge in [-0.25, -0.2) is 9.79 Å². The molecule has 1 aromatic heterocycles. The fourth-order valence-corrected chi connectivity index (χ4v) is 6.91. The number of thiazole rings is 1. The van der Waals surface area contributed by atoms with E-state index in [-0.39, 0.29) is 28.2 Å². The lowest BCUT2D eigenvalue weighted by Gasteiger charge is -2.27. The number of fused-ring (bicyclic) bond motifs is 2. The van der Waals surface area contributed by atoms with Crippen LogP contribution in [0.2, 0.25) is 0 Å². The van der Waals surface area contributed by atoms with Crippen molar-refractivity contribution in [2.45, 2.75) is 13.0 Å². The van der Waals surface area contributed by atoms with E-state index >= 15 is 0 Å². The van der Waals surface area contributed by atoms with E-state index in [4.69, 9.17) is 14.5 Å². The molecular formula is C30H21Br2N3O5S. The Hall–Kier alpha value is -3.80. The van der Waals surface area contributed by atoms with Gasteiger partial charge in [0.2, 0.25) is 0 Å². The zero-order valence-electron chi connectivity index (χ0n) is 21.7. The number of halogens is 2. The van der Waals surface area contributed by atoms with Crippen LogP contribution in [0, 0.1) is 0 Å². The van der Waals surface area contributed by atoms with Gasteiger partial charge in [-0.1, -0.05) is 73.5 Å². The molecule has 0 saturated carbocycles. The number of carbonyl (C=O) groups excluding carboxylic acids is 2. The van der Waals surface area contributed by atoms with Crippen LogP contribution in [0.3, 0.4) is 0 Å². The maximum Gasteiger partial charge on any atom is 0.338 e. The number of hydrogen-bond acceptors (Lipinski definition) is 7. The number of methoxy groups -OCH3 is 1.